The predicted molar refractivity (Wildman–Crippen MR) is 94.0 cm³/mol. The molecular formula is C20H24N2O3. The normalized spacial score (nSPS) is 26.5. The largest absolute Gasteiger partial charge is 0.480 e. The first-order valence-corrected chi connectivity index (χ1v) is 9.12. The summed E-state index contributed by atoms with van der Waals surface area (Å²) in [6, 6.07) is 8.04. The molecule has 0 spiro atoms. The lowest BCUT2D eigenvalue weighted by Gasteiger charge is -2.32. The van der Waals surface area contributed by atoms with Gasteiger partial charge in [-0.2, -0.15) is 0 Å². The highest BCUT2D eigenvalue weighted by Crippen LogP contribution is 2.40. The summed E-state index contributed by atoms with van der Waals surface area (Å²) in [7, 11) is 0. The molecule has 1 aromatic heterocycles. The van der Waals surface area contributed by atoms with E-state index in [0.717, 1.165) is 30.5 Å². The van der Waals surface area contributed by atoms with Gasteiger partial charge in [0.05, 0.1) is 5.69 Å². The van der Waals surface area contributed by atoms with Crippen molar-refractivity contribution in [2.24, 2.45) is 5.92 Å². The third kappa shape index (κ3) is 3.21. The van der Waals surface area contributed by atoms with Crippen LogP contribution in [0.3, 0.4) is 0 Å². The summed E-state index contributed by atoms with van der Waals surface area (Å²) in [5, 5.41) is 9.63. The fourth-order valence-electron chi connectivity index (χ4n) is 4.42. The molecule has 4 rings (SSSR count). The van der Waals surface area contributed by atoms with Crippen molar-refractivity contribution in [2.45, 2.75) is 57.7 Å². The number of benzene rings is 1. The molecular weight excluding hydrogens is 316 g/mol. The number of carboxylic acids is 1. The number of oxazole rings is 1. The van der Waals surface area contributed by atoms with Gasteiger partial charge in [0.1, 0.15) is 12.3 Å². The van der Waals surface area contributed by atoms with Gasteiger partial charge in [-0.3, -0.25) is 9.69 Å². The molecule has 2 aromatic rings. The van der Waals surface area contributed by atoms with E-state index in [2.05, 4.69) is 9.88 Å². The van der Waals surface area contributed by atoms with Gasteiger partial charge in [-0.25, -0.2) is 4.98 Å². The maximum Gasteiger partial charge on any atom is 0.320 e. The number of likely N-dealkylation sites (tertiary alicyclic amines) is 1. The van der Waals surface area contributed by atoms with Crippen LogP contribution in [-0.4, -0.2) is 33.0 Å². The Bertz CT molecular complexity index is 753. The Morgan fingerprint density at radius 2 is 2.04 bits per heavy atom. The third-order valence-electron chi connectivity index (χ3n) is 5.70. The summed E-state index contributed by atoms with van der Waals surface area (Å²) in [5.74, 6) is 0.399. The highest BCUT2D eigenvalue weighted by atomic mass is 16.4. The van der Waals surface area contributed by atoms with E-state index in [-0.39, 0.29) is 0 Å². The summed E-state index contributed by atoms with van der Waals surface area (Å²) in [6.45, 7) is 2.60. The summed E-state index contributed by atoms with van der Waals surface area (Å²) in [5.41, 5.74) is 2.96. The number of fused-ring (bicyclic) bond motifs is 1. The Labute approximate surface area is 147 Å². The minimum Gasteiger partial charge on any atom is -0.480 e. The van der Waals surface area contributed by atoms with Gasteiger partial charge in [-0.15, -0.1) is 0 Å². The maximum atomic E-state index is 11.7. The molecule has 0 amide bonds. The van der Waals surface area contributed by atoms with E-state index in [9.17, 15) is 9.90 Å². The minimum atomic E-state index is -0.711. The van der Waals surface area contributed by atoms with Crippen molar-refractivity contribution in [3.63, 3.8) is 0 Å². The van der Waals surface area contributed by atoms with E-state index < -0.39 is 12.0 Å². The quantitative estimate of drug-likeness (QED) is 0.915. The van der Waals surface area contributed by atoms with Crippen molar-refractivity contribution in [3.05, 3.63) is 41.8 Å². The first-order valence-electron chi connectivity index (χ1n) is 9.12. The van der Waals surface area contributed by atoms with E-state index in [1.807, 2.05) is 31.2 Å². The molecule has 25 heavy (non-hydrogen) atoms. The van der Waals surface area contributed by atoms with Crippen molar-refractivity contribution in [1.82, 2.24) is 9.88 Å². The van der Waals surface area contributed by atoms with Crippen LogP contribution in [0, 0.1) is 12.8 Å². The smallest absolute Gasteiger partial charge is 0.320 e. The number of aryl methyl sites for hydroxylation is 1. The second-order valence-corrected chi connectivity index (χ2v) is 7.38. The van der Waals surface area contributed by atoms with Crippen LogP contribution < -0.4 is 0 Å². The number of carboxylic acid groups (broad SMARTS) is 1. The first-order chi connectivity index (χ1) is 12.1. The zero-order chi connectivity index (χ0) is 17.4. The Balaban J connectivity index is 1.54. The highest BCUT2D eigenvalue weighted by Gasteiger charge is 2.45. The van der Waals surface area contributed by atoms with Crippen LogP contribution in [0.5, 0.6) is 0 Å². The van der Waals surface area contributed by atoms with Crippen molar-refractivity contribution in [3.8, 4) is 11.5 Å². The number of nitrogens with zero attached hydrogens (tertiary/aromatic N) is 2. The van der Waals surface area contributed by atoms with Crippen LogP contribution in [0.25, 0.3) is 11.5 Å². The number of aliphatic carboxylic acids is 1. The fraction of sp³-hybridized carbons (Fsp3) is 0.500. The van der Waals surface area contributed by atoms with Crippen LogP contribution in [0.4, 0.5) is 0 Å². The van der Waals surface area contributed by atoms with E-state index in [1.165, 1.54) is 18.4 Å². The minimum absolute atomic E-state index is 0.370. The fourth-order valence-corrected chi connectivity index (χ4v) is 4.42. The van der Waals surface area contributed by atoms with E-state index in [4.69, 9.17) is 4.42 Å². The Kier molecular flexibility index (Phi) is 4.34. The molecule has 5 heteroatoms. The highest BCUT2D eigenvalue weighted by molar-refractivity contribution is 5.74. The molecule has 1 aliphatic carbocycles. The molecule has 2 heterocycles. The molecule has 1 aliphatic heterocycles. The third-order valence-corrected chi connectivity index (χ3v) is 5.70. The van der Waals surface area contributed by atoms with Gasteiger partial charge >= 0.3 is 5.97 Å². The lowest BCUT2D eigenvalue weighted by atomic mass is 9.85. The van der Waals surface area contributed by atoms with E-state index >= 15 is 0 Å². The van der Waals surface area contributed by atoms with Gasteiger partial charge in [0, 0.05) is 18.2 Å². The van der Waals surface area contributed by atoms with Crippen molar-refractivity contribution in [1.29, 1.82) is 0 Å². The lowest BCUT2D eigenvalue weighted by Crippen LogP contribution is -2.41. The average Bonchev–Trinajstić information content (AvgIpc) is 3.21. The SMILES string of the molecule is Cc1ccc(-c2nc(CN3[C@H](C(=O)O)C[C@@H]4CCCC[C@@H]43)co2)cc1. The van der Waals surface area contributed by atoms with Crippen LogP contribution >= 0.6 is 0 Å². The summed E-state index contributed by atoms with van der Waals surface area (Å²) < 4.78 is 5.65. The van der Waals surface area contributed by atoms with Crippen molar-refractivity contribution in [2.75, 3.05) is 0 Å². The Morgan fingerprint density at radius 1 is 1.28 bits per heavy atom. The topological polar surface area (TPSA) is 66.6 Å². The Hall–Kier alpha value is -2.14. The second kappa shape index (κ2) is 6.64. The van der Waals surface area contributed by atoms with Crippen molar-refractivity contribution < 1.29 is 14.3 Å². The standard InChI is InChI=1S/C20H24N2O3/c1-13-6-8-14(9-7-13)19-21-16(12-25-19)11-22-17-5-3-2-4-15(17)10-18(22)20(23)24/h6-9,12,15,17-18H,2-5,10-11H2,1H3,(H,23,24)/t15-,17-,18-/m0/s1. The summed E-state index contributed by atoms with van der Waals surface area (Å²) in [4.78, 5) is 18.5. The monoisotopic (exact) mass is 340 g/mol. The van der Waals surface area contributed by atoms with Gasteiger partial charge in [-0.1, -0.05) is 30.5 Å². The molecule has 1 N–H and O–H groups in total. The molecule has 3 atom stereocenters. The predicted octanol–water partition coefficient (Wildman–Crippen LogP) is 3.87. The number of rotatable bonds is 4. The molecule has 5 nitrogen and oxygen atoms in total. The van der Waals surface area contributed by atoms with Crippen LogP contribution in [0.2, 0.25) is 0 Å². The van der Waals surface area contributed by atoms with Crippen LogP contribution in [-0.2, 0) is 11.3 Å². The number of hydrogen-bond acceptors (Lipinski definition) is 4. The van der Waals surface area contributed by atoms with Crippen molar-refractivity contribution >= 4 is 5.97 Å². The van der Waals surface area contributed by atoms with Crippen LogP contribution in [0.15, 0.2) is 34.9 Å². The molecule has 1 aromatic carbocycles. The molecule has 0 radical (unpaired) electrons. The van der Waals surface area contributed by atoms with Gasteiger partial charge < -0.3 is 9.52 Å². The molecule has 0 bridgehead atoms. The summed E-state index contributed by atoms with van der Waals surface area (Å²) >= 11 is 0. The zero-order valence-electron chi connectivity index (χ0n) is 14.5. The molecule has 0 unspecified atom stereocenters. The van der Waals surface area contributed by atoms with Gasteiger partial charge in [0.2, 0.25) is 5.89 Å². The van der Waals surface area contributed by atoms with Crippen LogP contribution in [0.1, 0.15) is 43.4 Å². The lowest BCUT2D eigenvalue weighted by molar-refractivity contribution is -0.142. The zero-order valence-corrected chi connectivity index (χ0v) is 14.5. The number of aromatic nitrogens is 1. The molecule has 1 saturated carbocycles. The maximum absolute atomic E-state index is 11.7. The van der Waals surface area contributed by atoms with Gasteiger partial charge in [0.25, 0.3) is 0 Å². The number of hydrogen-bond donors (Lipinski definition) is 1. The molecule has 2 fully saturated rings. The van der Waals surface area contributed by atoms with E-state index in [0.29, 0.717) is 24.4 Å². The molecule has 1 saturated heterocycles. The second-order valence-electron chi connectivity index (χ2n) is 7.38. The molecule has 132 valence electrons. The van der Waals surface area contributed by atoms with E-state index in [1.54, 1.807) is 6.26 Å². The number of carbonyl (C=O) groups is 1. The van der Waals surface area contributed by atoms with Gasteiger partial charge in [0.15, 0.2) is 0 Å². The van der Waals surface area contributed by atoms with Gasteiger partial charge in [-0.05, 0) is 44.2 Å². The first kappa shape index (κ1) is 16.3. The Morgan fingerprint density at radius 3 is 2.80 bits per heavy atom. The summed E-state index contributed by atoms with van der Waals surface area (Å²) in [6.07, 6.45) is 7.10. The average molecular weight is 340 g/mol. The molecule has 2 aliphatic rings.